The van der Waals surface area contributed by atoms with E-state index >= 15 is 0 Å². The summed E-state index contributed by atoms with van der Waals surface area (Å²) in [5, 5.41) is 8.67. The van der Waals surface area contributed by atoms with Crippen LogP contribution in [0.3, 0.4) is 0 Å². The lowest BCUT2D eigenvalue weighted by molar-refractivity contribution is -0.123. The molecule has 2 heterocycles. The number of hydrogen-bond donors (Lipinski definition) is 2. The largest absolute Gasteiger partial charge is 0.379 e. The van der Waals surface area contributed by atoms with Crippen LogP contribution in [0.1, 0.15) is 41.5 Å². The van der Waals surface area contributed by atoms with E-state index in [0.29, 0.717) is 36.8 Å². The lowest BCUT2D eigenvalue weighted by Gasteiger charge is -2.34. The van der Waals surface area contributed by atoms with Gasteiger partial charge >= 0.3 is 0 Å². The summed E-state index contributed by atoms with van der Waals surface area (Å²) in [5.74, 6) is -0.374. The van der Waals surface area contributed by atoms with Crippen LogP contribution in [0.4, 0.5) is 0 Å². The molecule has 3 rings (SSSR count). The van der Waals surface area contributed by atoms with E-state index in [-0.39, 0.29) is 22.9 Å². The second-order valence-electron chi connectivity index (χ2n) is 8.20. The monoisotopic (exact) mass is 497 g/mol. The quantitative estimate of drug-likeness (QED) is 0.538. The van der Waals surface area contributed by atoms with E-state index in [1.54, 1.807) is 23.5 Å². The molecular weight excluding hydrogens is 469 g/mol. The van der Waals surface area contributed by atoms with Crippen molar-refractivity contribution in [1.29, 1.82) is 0 Å². The van der Waals surface area contributed by atoms with Crippen molar-refractivity contribution in [3.05, 3.63) is 56.2 Å². The fourth-order valence-corrected chi connectivity index (χ4v) is 5.07. The zero-order valence-corrected chi connectivity index (χ0v) is 20.6. The van der Waals surface area contributed by atoms with Gasteiger partial charge in [-0.1, -0.05) is 43.1 Å². The maximum absolute atomic E-state index is 13.1. The molecule has 2 N–H and O–H groups in total. The fourth-order valence-electron chi connectivity index (χ4n) is 3.71. The number of thiophene rings is 1. The highest BCUT2D eigenvalue weighted by Crippen LogP contribution is 2.26. The number of rotatable bonds is 9. The van der Waals surface area contributed by atoms with E-state index in [4.69, 9.17) is 27.9 Å². The van der Waals surface area contributed by atoms with Crippen molar-refractivity contribution in [2.24, 2.45) is 5.92 Å². The summed E-state index contributed by atoms with van der Waals surface area (Å²) in [4.78, 5) is 29.5. The molecule has 2 unspecified atom stereocenters. The first-order chi connectivity index (χ1) is 15.3. The first-order valence-electron chi connectivity index (χ1n) is 10.7. The summed E-state index contributed by atoms with van der Waals surface area (Å²) in [7, 11) is 0. The lowest BCUT2D eigenvalue weighted by atomic mass is 10.0. The summed E-state index contributed by atoms with van der Waals surface area (Å²) in [6.07, 6.45) is 0.518. The normalized spacial score (nSPS) is 16.5. The first kappa shape index (κ1) is 25.0. The Kier molecular flexibility index (Phi) is 9.37. The number of carbonyl (C=O) groups excluding carboxylic acids is 2. The number of ether oxygens (including phenoxy) is 1. The van der Waals surface area contributed by atoms with E-state index in [1.165, 1.54) is 10.9 Å². The summed E-state index contributed by atoms with van der Waals surface area (Å²) in [6, 6.07) is 8.21. The van der Waals surface area contributed by atoms with Crippen molar-refractivity contribution in [2.75, 3.05) is 32.8 Å². The average molecular weight is 498 g/mol. The molecule has 1 saturated heterocycles. The molecule has 1 aromatic heterocycles. The van der Waals surface area contributed by atoms with Crippen LogP contribution in [0.25, 0.3) is 0 Å². The van der Waals surface area contributed by atoms with Crippen LogP contribution >= 0.6 is 34.5 Å². The minimum absolute atomic E-state index is 0.0731. The minimum Gasteiger partial charge on any atom is -0.379 e. The van der Waals surface area contributed by atoms with Crippen molar-refractivity contribution < 1.29 is 14.3 Å². The van der Waals surface area contributed by atoms with Crippen molar-refractivity contribution in [1.82, 2.24) is 15.5 Å². The first-order valence-corrected chi connectivity index (χ1v) is 12.4. The van der Waals surface area contributed by atoms with E-state index in [2.05, 4.69) is 21.6 Å². The molecule has 1 fully saturated rings. The van der Waals surface area contributed by atoms with Gasteiger partial charge in [0.25, 0.3) is 5.91 Å². The Morgan fingerprint density at radius 1 is 1.19 bits per heavy atom. The molecule has 0 radical (unpaired) electrons. The number of morpholine rings is 1. The standard InChI is InChI=1S/C23H29Cl2N3O3S/c1-15(2)12-19(27-22(29)17-6-5-16(24)13-18(17)25)23(30)26-14-20(21-4-3-11-32-21)28-7-9-31-10-8-28/h3-6,11,13,15,19-20H,7-10,12,14H2,1-2H3,(H,26,30)(H,27,29). The van der Waals surface area contributed by atoms with E-state index < -0.39 is 11.9 Å². The van der Waals surface area contributed by atoms with E-state index in [9.17, 15) is 9.59 Å². The molecule has 2 amide bonds. The van der Waals surface area contributed by atoms with Gasteiger partial charge in [-0.25, -0.2) is 0 Å². The molecule has 1 aliphatic rings. The zero-order chi connectivity index (χ0) is 23.1. The maximum atomic E-state index is 13.1. The Balaban J connectivity index is 1.68. The molecule has 2 atom stereocenters. The molecule has 174 valence electrons. The van der Waals surface area contributed by atoms with Gasteiger partial charge in [-0.15, -0.1) is 11.3 Å². The van der Waals surface area contributed by atoms with Gasteiger partial charge in [0.1, 0.15) is 6.04 Å². The third-order valence-electron chi connectivity index (χ3n) is 5.33. The van der Waals surface area contributed by atoms with Gasteiger partial charge in [0.05, 0.1) is 29.8 Å². The molecule has 1 aromatic carbocycles. The van der Waals surface area contributed by atoms with Crippen LogP contribution in [0, 0.1) is 5.92 Å². The van der Waals surface area contributed by atoms with Gasteiger partial charge in [-0.3, -0.25) is 14.5 Å². The Morgan fingerprint density at radius 2 is 1.94 bits per heavy atom. The number of benzene rings is 1. The molecule has 1 aliphatic heterocycles. The molecule has 0 bridgehead atoms. The third kappa shape index (κ3) is 6.93. The van der Waals surface area contributed by atoms with Crippen LogP contribution in [0.2, 0.25) is 10.0 Å². The highest BCUT2D eigenvalue weighted by molar-refractivity contribution is 7.10. The van der Waals surface area contributed by atoms with Crippen LogP contribution < -0.4 is 10.6 Å². The fraction of sp³-hybridized carbons (Fsp3) is 0.478. The van der Waals surface area contributed by atoms with Crippen LogP contribution in [0.15, 0.2) is 35.7 Å². The molecule has 32 heavy (non-hydrogen) atoms. The number of nitrogens with zero attached hydrogens (tertiary/aromatic N) is 1. The second kappa shape index (κ2) is 12.0. The predicted molar refractivity (Wildman–Crippen MR) is 130 cm³/mol. The Hall–Kier alpha value is -1.64. The third-order valence-corrected chi connectivity index (χ3v) is 6.85. The number of carbonyl (C=O) groups is 2. The van der Waals surface area contributed by atoms with Crippen LogP contribution in [-0.4, -0.2) is 55.6 Å². The average Bonchev–Trinajstić information content (AvgIpc) is 3.28. The Bertz CT molecular complexity index is 902. The van der Waals surface area contributed by atoms with Crippen molar-refractivity contribution in [3.63, 3.8) is 0 Å². The van der Waals surface area contributed by atoms with Gasteiger partial charge in [-0.05, 0) is 42.0 Å². The van der Waals surface area contributed by atoms with Gasteiger partial charge < -0.3 is 15.4 Å². The summed E-state index contributed by atoms with van der Waals surface area (Å²) in [6.45, 7) is 7.51. The topological polar surface area (TPSA) is 70.7 Å². The Labute approximate surface area is 203 Å². The summed E-state index contributed by atoms with van der Waals surface area (Å²) in [5.41, 5.74) is 0.294. The summed E-state index contributed by atoms with van der Waals surface area (Å²) < 4.78 is 5.49. The number of nitrogens with one attached hydrogen (secondary N) is 2. The van der Waals surface area contributed by atoms with Gasteiger partial charge in [0.2, 0.25) is 5.91 Å². The molecular formula is C23H29Cl2N3O3S. The van der Waals surface area contributed by atoms with Crippen molar-refractivity contribution in [2.45, 2.75) is 32.4 Å². The molecule has 0 saturated carbocycles. The smallest absolute Gasteiger partial charge is 0.253 e. The number of halogens is 2. The molecule has 2 aromatic rings. The van der Waals surface area contributed by atoms with Crippen molar-refractivity contribution in [3.8, 4) is 0 Å². The van der Waals surface area contributed by atoms with E-state index in [0.717, 1.165) is 13.1 Å². The van der Waals surface area contributed by atoms with Gasteiger partial charge in [-0.2, -0.15) is 0 Å². The molecule has 6 nitrogen and oxygen atoms in total. The number of hydrogen-bond acceptors (Lipinski definition) is 5. The number of amides is 2. The highest BCUT2D eigenvalue weighted by atomic mass is 35.5. The minimum atomic E-state index is -0.664. The maximum Gasteiger partial charge on any atom is 0.253 e. The van der Waals surface area contributed by atoms with Crippen LogP contribution in [-0.2, 0) is 9.53 Å². The van der Waals surface area contributed by atoms with Gasteiger partial charge in [0, 0.05) is 29.5 Å². The van der Waals surface area contributed by atoms with Crippen molar-refractivity contribution >= 4 is 46.4 Å². The zero-order valence-electron chi connectivity index (χ0n) is 18.3. The SMILES string of the molecule is CC(C)CC(NC(=O)c1ccc(Cl)cc1Cl)C(=O)NCC(c1cccs1)N1CCOCC1. The Morgan fingerprint density at radius 3 is 2.56 bits per heavy atom. The molecule has 0 aliphatic carbocycles. The molecule has 9 heteroatoms. The second-order valence-corrected chi connectivity index (χ2v) is 10.0. The summed E-state index contributed by atoms with van der Waals surface area (Å²) >= 11 is 13.8. The van der Waals surface area contributed by atoms with E-state index in [1.807, 2.05) is 25.3 Å². The highest BCUT2D eigenvalue weighted by Gasteiger charge is 2.27. The van der Waals surface area contributed by atoms with Crippen LogP contribution in [0.5, 0.6) is 0 Å². The predicted octanol–water partition coefficient (Wildman–Crippen LogP) is 4.39. The lowest BCUT2D eigenvalue weighted by Crippen LogP contribution is -2.50. The van der Waals surface area contributed by atoms with Gasteiger partial charge in [0.15, 0.2) is 0 Å². The molecule has 0 spiro atoms.